The van der Waals surface area contributed by atoms with Crippen molar-refractivity contribution < 1.29 is 5.11 Å². The van der Waals surface area contributed by atoms with Gasteiger partial charge >= 0.3 is 0 Å². The average Bonchev–Trinajstić information content (AvgIpc) is 2.51. The SMILES string of the molecule is CC1CC(N(C)C2CCCCC2C)C(O)c2ccccc21. The van der Waals surface area contributed by atoms with Gasteiger partial charge in [0.25, 0.3) is 0 Å². The van der Waals surface area contributed by atoms with Crippen LogP contribution in [0.3, 0.4) is 0 Å². The second-order valence-corrected chi connectivity index (χ2v) is 7.27. The van der Waals surface area contributed by atoms with Gasteiger partial charge < -0.3 is 5.11 Å². The summed E-state index contributed by atoms with van der Waals surface area (Å²) < 4.78 is 0. The van der Waals surface area contributed by atoms with Crippen LogP contribution in [0.2, 0.25) is 0 Å². The number of fused-ring (bicyclic) bond motifs is 1. The molecular formula is C19H29NO. The molecule has 5 unspecified atom stereocenters. The van der Waals surface area contributed by atoms with Crippen LogP contribution in [0, 0.1) is 5.92 Å². The van der Waals surface area contributed by atoms with Crippen molar-refractivity contribution >= 4 is 0 Å². The van der Waals surface area contributed by atoms with Crippen molar-refractivity contribution in [1.82, 2.24) is 4.90 Å². The van der Waals surface area contributed by atoms with Crippen LogP contribution in [-0.2, 0) is 0 Å². The minimum Gasteiger partial charge on any atom is -0.387 e. The second kappa shape index (κ2) is 6.10. The van der Waals surface area contributed by atoms with E-state index in [1.54, 1.807) is 0 Å². The maximum absolute atomic E-state index is 10.9. The number of hydrogen-bond acceptors (Lipinski definition) is 2. The Morgan fingerprint density at radius 3 is 2.38 bits per heavy atom. The van der Waals surface area contributed by atoms with Gasteiger partial charge in [-0.25, -0.2) is 0 Å². The van der Waals surface area contributed by atoms with Gasteiger partial charge in [0.05, 0.1) is 6.10 Å². The highest BCUT2D eigenvalue weighted by molar-refractivity contribution is 5.35. The Kier molecular flexibility index (Phi) is 4.37. The summed E-state index contributed by atoms with van der Waals surface area (Å²) in [6.45, 7) is 4.68. The first-order valence-electron chi connectivity index (χ1n) is 8.58. The molecule has 0 aromatic heterocycles. The summed E-state index contributed by atoms with van der Waals surface area (Å²) in [4.78, 5) is 2.50. The third-order valence-electron chi connectivity index (χ3n) is 5.92. The summed E-state index contributed by atoms with van der Waals surface area (Å²) in [7, 11) is 2.24. The highest BCUT2D eigenvalue weighted by Crippen LogP contribution is 2.41. The average molecular weight is 287 g/mol. The van der Waals surface area contributed by atoms with E-state index in [2.05, 4.69) is 50.1 Å². The molecule has 2 aliphatic carbocycles. The van der Waals surface area contributed by atoms with E-state index in [1.165, 1.54) is 31.2 Å². The van der Waals surface area contributed by atoms with Gasteiger partial charge in [0.15, 0.2) is 0 Å². The van der Waals surface area contributed by atoms with Gasteiger partial charge in [-0.15, -0.1) is 0 Å². The van der Waals surface area contributed by atoms with Gasteiger partial charge in [0.1, 0.15) is 0 Å². The molecule has 1 aromatic rings. The number of nitrogens with zero attached hydrogens (tertiary/aromatic N) is 1. The number of hydrogen-bond donors (Lipinski definition) is 1. The van der Waals surface area contributed by atoms with Crippen LogP contribution in [0.25, 0.3) is 0 Å². The summed E-state index contributed by atoms with van der Waals surface area (Å²) in [6.07, 6.45) is 6.07. The fraction of sp³-hybridized carbons (Fsp3) is 0.684. The zero-order valence-corrected chi connectivity index (χ0v) is 13.6. The standard InChI is InChI=1S/C19H29NO/c1-13-8-4-7-11-17(13)20(3)18-12-14(2)15-9-5-6-10-16(15)19(18)21/h5-6,9-10,13-14,17-19,21H,4,7-8,11-12H2,1-3H3. The summed E-state index contributed by atoms with van der Waals surface area (Å²) in [5.41, 5.74) is 2.49. The molecule has 2 nitrogen and oxygen atoms in total. The highest BCUT2D eigenvalue weighted by Gasteiger charge is 2.38. The van der Waals surface area contributed by atoms with Gasteiger partial charge in [0.2, 0.25) is 0 Å². The van der Waals surface area contributed by atoms with Crippen LogP contribution in [-0.4, -0.2) is 29.1 Å². The summed E-state index contributed by atoms with van der Waals surface area (Å²) in [5.74, 6) is 1.29. The third kappa shape index (κ3) is 2.76. The maximum Gasteiger partial charge on any atom is 0.0948 e. The number of benzene rings is 1. The zero-order chi connectivity index (χ0) is 15.0. The quantitative estimate of drug-likeness (QED) is 0.885. The topological polar surface area (TPSA) is 23.5 Å². The van der Waals surface area contributed by atoms with Crippen LogP contribution < -0.4 is 0 Å². The number of rotatable bonds is 2. The first-order chi connectivity index (χ1) is 10.1. The van der Waals surface area contributed by atoms with Crippen LogP contribution >= 0.6 is 0 Å². The Morgan fingerprint density at radius 1 is 1.00 bits per heavy atom. The van der Waals surface area contributed by atoms with E-state index in [0.29, 0.717) is 12.0 Å². The van der Waals surface area contributed by atoms with E-state index < -0.39 is 0 Å². The van der Waals surface area contributed by atoms with E-state index in [1.807, 2.05) is 0 Å². The molecule has 116 valence electrons. The number of likely N-dealkylation sites (N-methyl/N-ethyl adjacent to an activating group) is 1. The smallest absolute Gasteiger partial charge is 0.0948 e. The van der Waals surface area contributed by atoms with E-state index >= 15 is 0 Å². The monoisotopic (exact) mass is 287 g/mol. The Bertz CT molecular complexity index is 486. The molecule has 1 fully saturated rings. The Labute approximate surface area is 129 Å². The molecule has 0 radical (unpaired) electrons. The first kappa shape index (κ1) is 15.1. The molecule has 1 saturated carbocycles. The molecule has 0 heterocycles. The molecule has 2 aliphatic rings. The molecule has 1 aromatic carbocycles. The van der Waals surface area contributed by atoms with Gasteiger partial charge in [-0.05, 0) is 49.3 Å². The molecule has 0 bridgehead atoms. The lowest BCUT2D eigenvalue weighted by molar-refractivity contribution is 0.000544. The molecular weight excluding hydrogens is 258 g/mol. The van der Waals surface area contributed by atoms with Gasteiger partial charge in [-0.1, -0.05) is 51.0 Å². The van der Waals surface area contributed by atoms with E-state index in [-0.39, 0.29) is 12.1 Å². The number of aliphatic hydroxyl groups is 1. The van der Waals surface area contributed by atoms with Crippen molar-refractivity contribution in [2.45, 2.75) is 70.1 Å². The van der Waals surface area contributed by atoms with Gasteiger partial charge in [0, 0.05) is 12.1 Å². The highest BCUT2D eigenvalue weighted by atomic mass is 16.3. The molecule has 0 spiro atoms. The molecule has 0 aliphatic heterocycles. The summed E-state index contributed by atoms with van der Waals surface area (Å²) in [6, 6.07) is 9.34. The summed E-state index contributed by atoms with van der Waals surface area (Å²) >= 11 is 0. The van der Waals surface area contributed by atoms with Crippen molar-refractivity contribution in [2.24, 2.45) is 5.92 Å². The molecule has 2 heteroatoms. The van der Waals surface area contributed by atoms with Crippen LogP contribution in [0.5, 0.6) is 0 Å². The van der Waals surface area contributed by atoms with Crippen molar-refractivity contribution in [1.29, 1.82) is 0 Å². The van der Waals surface area contributed by atoms with Crippen molar-refractivity contribution in [3.63, 3.8) is 0 Å². The Hall–Kier alpha value is -0.860. The number of aliphatic hydroxyl groups excluding tert-OH is 1. The lowest BCUT2D eigenvalue weighted by Gasteiger charge is -2.45. The lowest BCUT2D eigenvalue weighted by Crippen LogP contribution is -2.49. The molecule has 5 atom stereocenters. The maximum atomic E-state index is 10.9. The molecule has 21 heavy (non-hydrogen) atoms. The fourth-order valence-electron chi connectivity index (χ4n) is 4.59. The Morgan fingerprint density at radius 2 is 1.67 bits per heavy atom. The predicted molar refractivity (Wildman–Crippen MR) is 87.4 cm³/mol. The van der Waals surface area contributed by atoms with Gasteiger partial charge in [-0.2, -0.15) is 0 Å². The van der Waals surface area contributed by atoms with E-state index in [0.717, 1.165) is 17.9 Å². The molecule has 3 rings (SSSR count). The largest absolute Gasteiger partial charge is 0.387 e. The van der Waals surface area contributed by atoms with Crippen LogP contribution in [0.1, 0.15) is 69.1 Å². The minimum absolute atomic E-state index is 0.264. The van der Waals surface area contributed by atoms with Crippen molar-refractivity contribution in [3.05, 3.63) is 35.4 Å². The molecule has 0 saturated heterocycles. The minimum atomic E-state index is -0.337. The lowest BCUT2D eigenvalue weighted by atomic mass is 9.77. The van der Waals surface area contributed by atoms with Crippen LogP contribution in [0.15, 0.2) is 24.3 Å². The zero-order valence-electron chi connectivity index (χ0n) is 13.6. The molecule has 1 N–H and O–H groups in total. The third-order valence-corrected chi connectivity index (χ3v) is 5.92. The Balaban J connectivity index is 1.83. The van der Waals surface area contributed by atoms with Gasteiger partial charge in [-0.3, -0.25) is 4.90 Å². The summed E-state index contributed by atoms with van der Waals surface area (Å²) in [5, 5.41) is 10.9. The van der Waals surface area contributed by atoms with Crippen molar-refractivity contribution in [3.8, 4) is 0 Å². The predicted octanol–water partition coefficient (Wildman–Crippen LogP) is 4.11. The van der Waals surface area contributed by atoms with Crippen molar-refractivity contribution in [2.75, 3.05) is 7.05 Å². The van der Waals surface area contributed by atoms with E-state index in [4.69, 9.17) is 0 Å². The molecule has 0 amide bonds. The first-order valence-corrected chi connectivity index (χ1v) is 8.58. The second-order valence-electron chi connectivity index (χ2n) is 7.27. The fourth-order valence-corrected chi connectivity index (χ4v) is 4.59. The normalized spacial score (nSPS) is 36.5. The van der Waals surface area contributed by atoms with E-state index in [9.17, 15) is 5.11 Å². The van der Waals surface area contributed by atoms with Crippen LogP contribution in [0.4, 0.5) is 0 Å².